The molecule has 0 aromatic heterocycles. The Kier molecular flexibility index (Phi) is 5.47. The molecule has 1 aromatic carbocycles. The van der Waals surface area contributed by atoms with E-state index in [1.807, 2.05) is 0 Å². The van der Waals surface area contributed by atoms with Gasteiger partial charge in [0, 0.05) is 11.8 Å². The summed E-state index contributed by atoms with van der Waals surface area (Å²) in [7, 11) is 0. The van der Waals surface area contributed by atoms with Gasteiger partial charge in [0.25, 0.3) is 11.8 Å². The Hall–Kier alpha value is -3.30. The molecule has 32 heavy (non-hydrogen) atoms. The molecule has 1 aromatic rings. The summed E-state index contributed by atoms with van der Waals surface area (Å²) >= 11 is 0. The number of imide groups is 1. The van der Waals surface area contributed by atoms with Crippen LogP contribution in [0.1, 0.15) is 40.0 Å². The van der Waals surface area contributed by atoms with Gasteiger partial charge in [-0.05, 0) is 42.7 Å². The largest absolute Gasteiger partial charge is 0.454 e. The number of fused-ring (bicyclic) bond motifs is 1. The fraction of sp³-hybridized carbons (Fsp3) is 0.545. The van der Waals surface area contributed by atoms with E-state index in [4.69, 9.17) is 14.2 Å². The van der Waals surface area contributed by atoms with Gasteiger partial charge < -0.3 is 24.8 Å². The highest BCUT2D eigenvalue weighted by atomic mass is 16.7. The summed E-state index contributed by atoms with van der Waals surface area (Å²) in [5, 5.41) is 5.39. The van der Waals surface area contributed by atoms with E-state index in [-0.39, 0.29) is 18.1 Å². The van der Waals surface area contributed by atoms with Crippen molar-refractivity contribution in [2.45, 2.75) is 45.6 Å². The van der Waals surface area contributed by atoms with E-state index in [2.05, 4.69) is 31.4 Å². The van der Waals surface area contributed by atoms with Gasteiger partial charge in [-0.3, -0.25) is 19.3 Å². The summed E-state index contributed by atoms with van der Waals surface area (Å²) in [4.78, 5) is 50.8. The molecule has 2 aliphatic heterocycles. The quantitative estimate of drug-likeness (QED) is 0.525. The highest BCUT2D eigenvalue weighted by molar-refractivity contribution is 6.09. The number of carbonyl (C=O) groups is 4. The number of ether oxygens (including phenoxy) is 3. The van der Waals surface area contributed by atoms with Crippen molar-refractivity contribution in [2.24, 2.45) is 11.3 Å². The topological polar surface area (TPSA) is 123 Å². The maximum atomic E-state index is 13.1. The van der Waals surface area contributed by atoms with Crippen LogP contribution in [0.3, 0.4) is 0 Å². The first-order valence-corrected chi connectivity index (χ1v) is 10.6. The molecule has 0 unspecified atom stereocenters. The van der Waals surface area contributed by atoms with Gasteiger partial charge in [-0.15, -0.1) is 0 Å². The number of hydrogen-bond donors (Lipinski definition) is 2. The Morgan fingerprint density at radius 1 is 1.22 bits per heavy atom. The molecule has 1 saturated heterocycles. The molecule has 4 rings (SSSR count). The van der Waals surface area contributed by atoms with Crippen LogP contribution in [0.2, 0.25) is 0 Å². The molecule has 2 atom stereocenters. The summed E-state index contributed by atoms with van der Waals surface area (Å²) in [6, 6.07) is 4.28. The van der Waals surface area contributed by atoms with E-state index in [1.54, 1.807) is 18.2 Å². The molecule has 3 aliphatic rings. The number of esters is 1. The summed E-state index contributed by atoms with van der Waals surface area (Å²) in [6.07, 6.45) is 2.00. The second kappa shape index (κ2) is 7.99. The van der Waals surface area contributed by atoms with Crippen LogP contribution in [0.5, 0.6) is 11.5 Å². The van der Waals surface area contributed by atoms with E-state index >= 15 is 0 Å². The van der Waals surface area contributed by atoms with Crippen LogP contribution in [0.4, 0.5) is 10.5 Å². The molecular weight excluding hydrogens is 418 g/mol. The number of anilines is 1. The molecule has 2 fully saturated rings. The molecule has 4 amide bonds. The molecule has 1 spiro atoms. The fourth-order valence-corrected chi connectivity index (χ4v) is 5.14. The van der Waals surface area contributed by atoms with Crippen LogP contribution >= 0.6 is 0 Å². The van der Waals surface area contributed by atoms with Gasteiger partial charge in [-0.2, -0.15) is 0 Å². The molecule has 2 N–H and O–H groups in total. The van der Waals surface area contributed by atoms with Gasteiger partial charge in [0.1, 0.15) is 12.1 Å². The summed E-state index contributed by atoms with van der Waals surface area (Å²) in [6.45, 7) is 5.21. The lowest BCUT2D eigenvalue weighted by molar-refractivity contribution is -0.150. The number of hydrogen-bond acceptors (Lipinski definition) is 7. The Morgan fingerprint density at radius 3 is 2.72 bits per heavy atom. The van der Waals surface area contributed by atoms with Crippen molar-refractivity contribution in [3.05, 3.63) is 18.2 Å². The van der Waals surface area contributed by atoms with Crippen molar-refractivity contribution in [1.82, 2.24) is 10.2 Å². The minimum atomic E-state index is -0.991. The fourth-order valence-electron chi connectivity index (χ4n) is 5.14. The van der Waals surface area contributed by atoms with Crippen molar-refractivity contribution in [3.8, 4) is 11.5 Å². The third-order valence-electron chi connectivity index (χ3n) is 5.93. The SMILES string of the molecule is C[C@H]1CC(C)(C)C[C@@]2(C1)NC(=O)N(CC(=O)OCC(=O)Nc1ccc3c(c1)OCO3)C2=O. The van der Waals surface area contributed by atoms with E-state index < -0.39 is 42.5 Å². The summed E-state index contributed by atoms with van der Waals surface area (Å²) in [5.41, 5.74) is -0.639. The molecular formula is C22H27N3O7. The van der Waals surface area contributed by atoms with Gasteiger partial charge >= 0.3 is 12.0 Å². The lowest BCUT2D eigenvalue weighted by Crippen LogP contribution is -2.54. The number of carbonyl (C=O) groups excluding carboxylic acids is 4. The molecule has 1 saturated carbocycles. The third kappa shape index (κ3) is 4.35. The van der Waals surface area contributed by atoms with Gasteiger partial charge in [0.2, 0.25) is 6.79 Å². The zero-order valence-electron chi connectivity index (χ0n) is 18.4. The number of rotatable bonds is 5. The van der Waals surface area contributed by atoms with Crippen molar-refractivity contribution in [1.29, 1.82) is 0 Å². The standard InChI is InChI=1S/C22H27N3O7/c1-13-7-21(2,3)11-22(8-13)19(28)25(20(29)24-22)9-18(27)30-10-17(26)23-14-4-5-15-16(6-14)32-12-31-15/h4-6,13H,7-12H2,1-3H3,(H,23,26)(H,24,29)/t13-,22+/m0/s1. The van der Waals surface area contributed by atoms with Crippen molar-refractivity contribution >= 4 is 29.5 Å². The van der Waals surface area contributed by atoms with E-state index in [0.717, 1.165) is 11.3 Å². The van der Waals surface area contributed by atoms with Crippen LogP contribution in [0, 0.1) is 11.3 Å². The molecule has 10 heteroatoms. The zero-order valence-corrected chi connectivity index (χ0v) is 18.4. The molecule has 172 valence electrons. The Balaban J connectivity index is 1.30. The number of nitrogens with zero attached hydrogens (tertiary/aromatic N) is 1. The number of nitrogens with one attached hydrogen (secondary N) is 2. The van der Waals surface area contributed by atoms with Crippen LogP contribution in [0.25, 0.3) is 0 Å². The second-order valence-corrected chi connectivity index (χ2v) is 9.53. The van der Waals surface area contributed by atoms with Gasteiger partial charge in [-0.25, -0.2) is 4.79 Å². The average Bonchev–Trinajstić information content (AvgIpc) is 3.23. The second-order valence-electron chi connectivity index (χ2n) is 9.53. The van der Waals surface area contributed by atoms with Gasteiger partial charge in [-0.1, -0.05) is 20.8 Å². The van der Waals surface area contributed by atoms with Crippen LogP contribution in [-0.2, 0) is 19.1 Å². The van der Waals surface area contributed by atoms with Crippen LogP contribution in [0.15, 0.2) is 18.2 Å². The van der Waals surface area contributed by atoms with E-state index in [0.29, 0.717) is 30.0 Å². The number of benzene rings is 1. The maximum Gasteiger partial charge on any atom is 0.326 e. The van der Waals surface area contributed by atoms with Crippen molar-refractivity contribution in [2.75, 3.05) is 25.3 Å². The lowest BCUT2D eigenvalue weighted by atomic mass is 9.64. The lowest BCUT2D eigenvalue weighted by Gasteiger charge is -2.43. The Bertz CT molecular complexity index is 976. The first kappa shape index (κ1) is 21.9. The molecule has 10 nitrogen and oxygen atoms in total. The predicted molar refractivity (Wildman–Crippen MR) is 112 cm³/mol. The third-order valence-corrected chi connectivity index (χ3v) is 5.93. The average molecular weight is 445 g/mol. The monoisotopic (exact) mass is 445 g/mol. The number of urea groups is 1. The molecule has 1 aliphatic carbocycles. The number of amides is 4. The smallest absolute Gasteiger partial charge is 0.326 e. The van der Waals surface area contributed by atoms with E-state index in [9.17, 15) is 19.2 Å². The highest BCUT2D eigenvalue weighted by Crippen LogP contribution is 2.46. The summed E-state index contributed by atoms with van der Waals surface area (Å²) < 4.78 is 15.4. The van der Waals surface area contributed by atoms with E-state index in [1.165, 1.54) is 0 Å². The zero-order chi connectivity index (χ0) is 23.1. The molecule has 0 bridgehead atoms. The maximum absolute atomic E-state index is 13.1. The van der Waals surface area contributed by atoms with Crippen LogP contribution < -0.4 is 20.1 Å². The predicted octanol–water partition coefficient (Wildman–Crippen LogP) is 2.03. The highest BCUT2D eigenvalue weighted by Gasteiger charge is 2.56. The van der Waals surface area contributed by atoms with Crippen molar-refractivity contribution in [3.63, 3.8) is 0 Å². The van der Waals surface area contributed by atoms with Gasteiger partial charge in [0.15, 0.2) is 18.1 Å². The minimum Gasteiger partial charge on any atom is -0.454 e. The Labute approximate surface area is 185 Å². The molecule has 2 heterocycles. The molecule has 0 radical (unpaired) electrons. The Morgan fingerprint density at radius 2 is 1.97 bits per heavy atom. The van der Waals surface area contributed by atoms with Crippen LogP contribution in [-0.4, -0.2) is 54.2 Å². The van der Waals surface area contributed by atoms with Gasteiger partial charge in [0.05, 0.1) is 0 Å². The summed E-state index contributed by atoms with van der Waals surface area (Å²) in [5.74, 6) is -0.467. The minimum absolute atomic E-state index is 0.107. The first-order chi connectivity index (χ1) is 15.1. The van der Waals surface area contributed by atoms with Crippen molar-refractivity contribution < 1.29 is 33.4 Å². The first-order valence-electron chi connectivity index (χ1n) is 10.6. The normalized spacial score (nSPS) is 25.6.